The minimum absolute atomic E-state index is 0.0291. The standard InChI is InChI=1S/C19H17F2NO5/c1-11(23)13-6-8-15(9-7-13)22-17(24)12(2)26-18(25)14-4-3-5-16(10-14)27-19(20)21/h3-10,12,19H,1-2H3,(H,22,24)/t12-/m0/s1. The summed E-state index contributed by atoms with van der Waals surface area (Å²) in [5, 5.41) is 2.55. The van der Waals surface area contributed by atoms with Crippen LogP contribution in [0.4, 0.5) is 14.5 Å². The fraction of sp³-hybridized carbons (Fsp3) is 0.211. The predicted molar refractivity (Wildman–Crippen MR) is 93.0 cm³/mol. The Kier molecular flexibility index (Phi) is 6.59. The van der Waals surface area contributed by atoms with Gasteiger partial charge in [0.05, 0.1) is 5.56 Å². The van der Waals surface area contributed by atoms with Crippen molar-refractivity contribution in [1.82, 2.24) is 0 Å². The third-order valence-corrected chi connectivity index (χ3v) is 3.51. The first-order valence-corrected chi connectivity index (χ1v) is 7.94. The molecule has 0 aliphatic heterocycles. The number of carbonyl (C=O) groups is 3. The third-order valence-electron chi connectivity index (χ3n) is 3.51. The van der Waals surface area contributed by atoms with Crippen LogP contribution in [-0.2, 0) is 9.53 Å². The second-order valence-corrected chi connectivity index (χ2v) is 5.58. The van der Waals surface area contributed by atoms with Crippen molar-refractivity contribution >= 4 is 23.3 Å². The molecule has 0 aliphatic carbocycles. The Morgan fingerprint density at radius 3 is 2.26 bits per heavy atom. The van der Waals surface area contributed by atoms with Crippen LogP contribution in [0.2, 0.25) is 0 Å². The molecule has 0 unspecified atom stereocenters. The molecule has 1 amide bonds. The maximum atomic E-state index is 12.2. The first kappa shape index (κ1) is 20.0. The Labute approximate surface area is 154 Å². The summed E-state index contributed by atoms with van der Waals surface area (Å²) in [6, 6.07) is 11.3. The number of Topliss-reactive ketones (excluding diaryl/α,β-unsaturated/α-hetero) is 1. The molecule has 0 radical (unpaired) electrons. The molecule has 27 heavy (non-hydrogen) atoms. The molecule has 0 saturated heterocycles. The molecule has 0 bridgehead atoms. The summed E-state index contributed by atoms with van der Waals surface area (Å²) in [4.78, 5) is 35.4. The number of esters is 1. The topological polar surface area (TPSA) is 81.7 Å². The fourth-order valence-corrected chi connectivity index (χ4v) is 2.11. The molecule has 0 saturated carbocycles. The van der Waals surface area contributed by atoms with Crippen LogP contribution in [0.25, 0.3) is 0 Å². The van der Waals surface area contributed by atoms with Crippen molar-refractivity contribution in [2.24, 2.45) is 0 Å². The van der Waals surface area contributed by atoms with Crippen molar-refractivity contribution in [3.8, 4) is 5.75 Å². The number of alkyl halides is 2. The van der Waals surface area contributed by atoms with Gasteiger partial charge in [0.2, 0.25) is 0 Å². The molecule has 1 N–H and O–H groups in total. The van der Waals surface area contributed by atoms with E-state index in [0.29, 0.717) is 11.3 Å². The summed E-state index contributed by atoms with van der Waals surface area (Å²) in [6.07, 6.45) is -1.13. The Balaban J connectivity index is 1.97. The number of ketones is 1. The minimum Gasteiger partial charge on any atom is -0.449 e. The molecule has 8 heteroatoms. The van der Waals surface area contributed by atoms with Gasteiger partial charge in [-0.15, -0.1) is 0 Å². The zero-order valence-corrected chi connectivity index (χ0v) is 14.6. The summed E-state index contributed by atoms with van der Waals surface area (Å²) in [7, 11) is 0. The average Bonchev–Trinajstić information content (AvgIpc) is 2.61. The third kappa shape index (κ3) is 5.88. The van der Waals surface area contributed by atoms with Crippen LogP contribution in [0.5, 0.6) is 5.75 Å². The molecule has 2 aromatic rings. The first-order chi connectivity index (χ1) is 12.8. The van der Waals surface area contributed by atoms with Crippen molar-refractivity contribution in [3.63, 3.8) is 0 Å². The maximum absolute atomic E-state index is 12.2. The van der Waals surface area contributed by atoms with Gasteiger partial charge in [-0.2, -0.15) is 8.78 Å². The van der Waals surface area contributed by atoms with Gasteiger partial charge < -0.3 is 14.8 Å². The number of rotatable bonds is 7. The van der Waals surface area contributed by atoms with Crippen molar-refractivity contribution in [1.29, 1.82) is 0 Å². The molecule has 6 nitrogen and oxygen atoms in total. The van der Waals surface area contributed by atoms with Crippen molar-refractivity contribution in [2.45, 2.75) is 26.6 Å². The second kappa shape index (κ2) is 8.88. The lowest BCUT2D eigenvalue weighted by molar-refractivity contribution is -0.123. The number of hydrogen-bond acceptors (Lipinski definition) is 5. The van der Waals surface area contributed by atoms with Gasteiger partial charge in [0, 0.05) is 11.3 Å². The van der Waals surface area contributed by atoms with E-state index < -0.39 is 24.6 Å². The Bertz CT molecular complexity index is 836. The van der Waals surface area contributed by atoms with Gasteiger partial charge >= 0.3 is 12.6 Å². The van der Waals surface area contributed by atoms with Crippen LogP contribution in [0.1, 0.15) is 34.6 Å². The minimum atomic E-state index is -3.02. The lowest BCUT2D eigenvalue weighted by atomic mass is 10.1. The number of halogens is 2. The fourth-order valence-electron chi connectivity index (χ4n) is 2.11. The molecule has 0 aliphatic rings. The van der Waals surface area contributed by atoms with Gasteiger partial charge in [-0.3, -0.25) is 9.59 Å². The van der Waals surface area contributed by atoms with E-state index in [1.165, 1.54) is 32.0 Å². The SMILES string of the molecule is CC(=O)c1ccc(NC(=O)[C@H](C)OC(=O)c2cccc(OC(F)F)c2)cc1. The van der Waals surface area contributed by atoms with E-state index in [9.17, 15) is 23.2 Å². The Morgan fingerprint density at radius 1 is 1.00 bits per heavy atom. The van der Waals surface area contributed by atoms with Gasteiger partial charge in [0.1, 0.15) is 5.75 Å². The van der Waals surface area contributed by atoms with Crippen LogP contribution in [0.3, 0.4) is 0 Å². The van der Waals surface area contributed by atoms with E-state index in [1.807, 2.05) is 0 Å². The molecule has 2 aromatic carbocycles. The average molecular weight is 377 g/mol. The molecule has 0 aromatic heterocycles. The van der Waals surface area contributed by atoms with Crippen LogP contribution in [0.15, 0.2) is 48.5 Å². The number of amides is 1. The molecule has 0 spiro atoms. The zero-order chi connectivity index (χ0) is 20.0. The Morgan fingerprint density at radius 2 is 1.67 bits per heavy atom. The highest BCUT2D eigenvalue weighted by Crippen LogP contribution is 2.17. The highest BCUT2D eigenvalue weighted by Gasteiger charge is 2.20. The largest absolute Gasteiger partial charge is 0.449 e. The van der Waals surface area contributed by atoms with Gasteiger partial charge in [-0.1, -0.05) is 6.07 Å². The van der Waals surface area contributed by atoms with E-state index in [0.717, 1.165) is 6.07 Å². The number of benzene rings is 2. The number of carbonyl (C=O) groups excluding carboxylic acids is 3. The zero-order valence-electron chi connectivity index (χ0n) is 14.6. The maximum Gasteiger partial charge on any atom is 0.387 e. The summed E-state index contributed by atoms with van der Waals surface area (Å²) in [6.45, 7) is -0.219. The van der Waals surface area contributed by atoms with E-state index >= 15 is 0 Å². The van der Waals surface area contributed by atoms with Crippen molar-refractivity contribution in [3.05, 3.63) is 59.7 Å². The summed E-state index contributed by atoms with van der Waals surface area (Å²) >= 11 is 0. The van der Waals surface area contributed by atoms with Crippen LogP contribution in [0, 0.1) is 0 Å². The lowest BCUT2D eigenvalue weighted by Gasteiger charge is -2.14. The molecular weight excluding hydrogens is 360 g/mol. The number of nitrogens with one attached hydrogen (secondary N) is 1. The van der Waals surface area contributed by atoms with E-state index in [2.05, 4.69) is 10.1 Å². The predicted octanol–water partition coefficient (Wildman–Crippen LogP) is 3.67. The number of ether oxygens (including phenoxy) is 2. The molecule has 142 valence electrons. The van der Waals surface area contributed by atoms with Gasteiger partial charge in [-0.05, 0) is 56.3 Å². The van der Waals surface area contributed by atoms with Crippen LogP contribution < -0.4 is 10.1 Å². The molecular formula is C19H17F2NO5. The highest BCUT2D eigenvalue weighted by atomic mass is 19.3. The second-order valence-electron chi connectivity index (χ2n) is 5.58. The van der Waals surface area contributed by atoms with Gasteiger partial charge in [-0.25, -0.2) is 4.79 Å². The molecule has 0 heterocycles. The Hall–Kier alpha value is -3.29. The summed E-state index contributed by atoms with van der Waals surface area (Å²) in [5.41, 5.74) is 0.900. The number of hydrogen-bond donors (Lipinski definition) is 1. The first-order valence-electron chi connectivity index (χ1n) is 7.94. The number of anilines is 1. The van der Waals surface area contributed by atoms with Crippen LogP contribution in [-0.4, -0.2) is 30.4 Å². The van der Waals surface area contributed by atoms with Gasteiger partial charge in [0.25, 0.3) is 5.91 Å². The monoisotopic (exact) mass is 377 g/mol. The summed E-state index contributed by atoms with van der Waals surface area (Å²) < 4.78 is 33.7. The van der Waals surface area contributed by atoms with Gasteiger partial charge in [0.15, 0.2) is 11.9 Å². The van der Waals surface area contributed by atoms with Crippen molar-refractivity contribution < 1.29 is 32.6 Å². The van der Waals surface area contributed by atoms with E-state index in [1.54, 1.807) is 24.3 Å². The molecule has 2 rings (SSSR count). The quantitative estimate of drug-likeness (QED) is 0.588. The van der Waals surface area contributed by atoms with E-state index in [-0.39, 0.29) is 17.1 Å². The molecule has 0 fully saturated rings. The summed E-state index contributed by atoms with van der Waals surface area (Å²) in [5.74, 6) is -1.74. The smallest absolute Gasteiger partial charge is 0.387 e. The van der Waals surface area contributed by atoms with Crippen LogP contribution >= 0.6 is 0 Å². The normalized spacial score (nSPS) is 11.6. The lowest BCUT2D eigenvalue weighted by Crippen LogP contribution is -2.30. The molecule has 1 atom stereocenters. The van der Waals surface area contributed by atoms with Crippen molar-refractivity contribution in [2.75, 3.05) is 5.32 Å². The highest BCUT2D eigenvalue weighted by molar-refractivity contribution is 5.98. The van der Waals surface area contributed by atoms with E-state index in [4.69, 9.17) is 4.74 Å².